The van der Waals surface area contributed by atoms with Crippen LogP contribution in [0, 0.1) is 11.3 Å². The van der Waals surface area contributed by atoms with Crippen molar-refractivity contribution in [3.8, 4) is 6.07 Å². The number of hydrogen-bond acceptors (Lipinski definition) is 4. The normalized spacial score (nSPS) is 11.0. The van der Waals surface area contributed by atoms with Crippen LogP contribution in [-0.2, 0) is 21.3 Å². The number of methoxy groups -OCH3 is 1. The summed E-state index contributed by atoms with van der Waals surface area (Å²) in [5.74, 6) is -0.634. The number of carbonyl (C=O) groups is 1. The van der Waals surface area contributed by atoms with Gasteiger partial charge in [-0.3, -0.25) is 0 Å². The molecule has 0 aliphatic carbocycles. The van der Waals surface area contributed by atoms with E-state index < -0.39 is 5.97 Å². The van der Waals surface area contributed by atoms with Crippen LogP contribution in [0.4, 0.5) is 0 Å². The molecule has 0 atom stereocenters. The molecule has 5 heteroatoms. The Kier molecular flexibility index (Phi) is 4.98. The number of esters is 1. The highest BCUT2D eigenvalue weighted by molar-refractivity contribution is 5.97. The lowest BCUT2D eigenvalue weighted by Crippen LogP contribution is -2.11. The first kappa shape index (κ1) is 13.0. The summed E-state index contributed by atoms with van der Waals surface area (Å²) in [4.78, 5) is 11.5. The number of nitrogens with zero attached hydrogens (tertiary/aromatic N) is 2. The number of aromatic nitrogens is 1. The molecule has 0 fully saturated rings. The summed E-state index contributed by atoms with van der Waals surface area (Å²) in [6.07, 6.45) is 3.33. The van der Waals surface area contributed by atoms with Crippen LogP contribution in [0.5, 0.6) is 0 Å². The molecule has 5 nitrogen and oxygen atoms in total. The highest BCUT2D eigenvalue weighted by atomic mass is 16.6. The van der Waals surface area contributed by atoms with Crippen LogP contribution in [0.1, 0.15) is 5.69 Å². The molecule has 0 bridgehead atoms. The lowest BCUT2D eigenvalue weighted by atomic mass is 10.2. The first-order valence-electron chi connectivity index (χ1n) is 5.08. The zero-order valence-electron chi connectivity index (χ0n) is 9.84. The van der Waals surface area contributed by atoms with Crippen LogP contribution in [0.3, 0.4) is 0 Å². The molecule has 0 radical (unpaired) electrons. The maximum atomic E-state index is 11.5. The molecule has 0 N–H and O–H groups in total. The molecule has 1 heterocycles. The van der Waals surface area contributed by atoms with Gasteiger partial charge in [0.15, 0.2) is 0 Å². The average Bonchev–Trinajstić information content (AvgIpc) is 2.72. The second kappa shape index (κ2) is 6.51. The fourth-order valence-electron chi connectivity index (χ4n) is 1.20. The smallest absolute Gasteiger partial charge is 0.349 e. The van der Waals surface area contributed by atoms with Gasteiger partial charge in [-0.25, -0.2) is 4.79 Å². The zero-order chi connectivity index (χ0) is 12.7. The van der Waals surface area contributed by atoms with Gasteiger partial charge in [-0.2, -0.15) is 5.26 Å². The lowest BCUT2D eigenvalue weighted by Gasteiger charge is -2.03. The molecule has 1 aromatic heterocycles. The van der Waals surface area contributed by atoms with E-state index in [0.717, 1.165) is 5.69 Å². The predicted molar refractivity (Wildman–Crippen MR) is 61.8 cm³/mol. The highest BCUT2D eigenvalue weighted by Gasteiger charge is 2.10. The Morgan fingerprint density at radius 2 is 2.35 bits per heavy atom. The molecule has 0 saturated carbocycles. The Balaban J connectivity index is 2.72. The Morgan fingerprint density at radius 1 is 1.59 bits per heavy atom. The second-order valence-corrected chi connectivity index (χ2v) is 3.34. The first-order chi connectivity index (χ1) is 8.19. The van der Waals surface area contributed by atoms with Crippen molar-refractivity contribution in [1.82, 2.24) is 4.57 Å². The maximum Gasteiger partial charge on any atom is 0.349 e. The van der Waals surface area contributed by atoms with Crippen molar-refractivity contribution in [2.75, 3.05) is 20.3 Å². The molecule has 0 unspecified atom stereocenters. The van der Waals surface area contributed by atoms with Crippen molar-refractivity contribution in [3.05, 3.63) is 29.6 Å². The Bertz CT molecular complexity index is 455. The van der Waals surface area contributed by atoms with E-state index in [4.69, 9.17) is 14.7 Å². The predicted octanol–water partition coefficient (Wildman–Crippen LogP) is 1.12. The summed E-state index contributed by atoms with van der Waals surface area (Å²) in [6, 6.07) is 5.46. The molecule has 1 rings (SSSR count). The minimum absolute atomic E-state index is 0.0251. The molecule has 17 heavy (non-hydrogen) atoms. The van der Waals surface area contributed by atoms with Crippen molar-refractivity contribution in [1.29, 1.82) is 5.26 Å². The monoisotopic (exact) mass is 234 g/mol. The molecule has 1 aromatic rings. The summed E-state index contributed by atoms with van der Waals surface area (Å²) in [5.41, 5.74) is 0.744. The minimum atomic E-state index is -0.634. The number of nitriles is 1. The van der Waals surface area contributed by atoms with Crippen LogP contribution in [0.25, 0.3) is 6.08 Å². The number of aryl methyl sites for hydroxylation is 1. The summed E-state index contributed by atoms with van der Waals surface area (Å²) < 4.78 is 11.4. The summed E-state index contributed by atoms with van der Waals surface area (Å²) >= 11 is 0. The standard InChI is InChI=1S/C12H14N2O3/c1-14-5-3-4-11(14)8-10(9-13)12(15)17-7-6-16-2/h3-5,8H,6-7H2,1-2H3/b10-8+. The van der Waals surface area contributed by atoms with E-state index in [1.807, 2.05) is 25.4 Å². The fraction of sp³-hybridized carbons (Fsp3) is 0.333. The first-order valence-corrected chi connectivity index (χ1v) is 5.08. The summed E-state index contributed by atoms with van der Waals surface area (Å²) in [6.45, 7) is 0.454. The third-order valence-corrected chi connectivity index (χ3v) is 2.14. The molecule has 0 spiro atoms. The fourth-order valence-corrected chi connectivity index (χ4v) is 1.20. The minimum Gasteiger partial charge on any atom is -0.459 e. The zero-order valence-corrected chi connectivity index (χ0v) is 9.84. The van der Waals surface area contributed by atoms with Gasteiger partial charge in [-0.1, -0.05) is 0 Å². The molecular formula is C12H14N2O3. The highest BCUT2D eigenvalue weighted by Crippen LogP contribution is 2.08. The topological polar surface area (TPSA) is 64.2 Å². The molecule has 0 aliphatic heterocycles. The van der Waals surface area contributed by atoms with Gasteiger partial charge in [0.25, 0.3) is 0 Å². The molecule has 0 aliphatic rings. The average molecular weight is 234 g/mol. The van der Waals surface area contributed by atoms with E-state index in [1.165, 1.54) is 13.2 Å². The third-order valence-electron chi connectivity index (χ3n) is 2.14. The van der Waals surface area contributed by atoms with Gasteiger partial charge in [0.2, 0.25) is 0 Å². The van der Waals surface area contributed by atoms with Crippen molar-refractivity contribution in [2.24, 2.45) is 7.05 Å². The second-order valence-electron chi connectivity index (χ2n) is 3.34. The third kappa shape index (κ3) is 3.78. The van der Waals surface area contributed by atoms with Gasteiger partial charge in [0, 0.05) is 26.0 Å². The number of carbonyl (C=O) groups excluding carboxylic acids is 1. The summed E-state index contributed by atoms with van der Waals surface area (Å²) in [7, 11) is 3.34. The van der Waals surface area contributed by atoms with Crippen molar-refractivity contribution >= 4 is 12.0 Å². The van der Waals surface area contributed by atoms with Gasteiger partial charge < -0.3 is 14.0 Å². The number of rotatable bonds is 5. The molecule has 90 valence electrons. The Morgan fingerprint density at radius 3 is 2.88 bits per heavy atom. The largest absolute Gasteiger partial charge is 0.459 e. The number of hydrogen-bond donors (Lipinski definition) is 0. The van der Waals surface area contributed by atoms with Crippen LogP contribution in [0.2, 0.25) is 0 Å². The van der Waals surface area contributed by atoms with Gasteiger partial charge in [0.1, 0.15) is 18.2 Å². The molecule has 0 saturated heterocycles. The SMILES string of the molecule is COCCOC(=O)/C(C#N)=C/c1cccn1C. The maximum absolute atomic E-state index is 11.5. The quantitative estimate of drug-likeness (QED) is 0.331. The van der Waals surface area contributed by atoms with Crippen LogP contribution >= 0.6 is 0 Å². The molecule has 0 aromatic carbocycles. The molecule has 0 amide bonds. The van der Waals surface area contributed by atoms with Gasteiger partial charge in [0.05, 0.1) is 6.61 Å². The van der Waals surface area contributed by atoms with E-state index in [-0.39, 0.29) is 12.2 Å². The van der Waals surface area contributed by atoms with E-state index in [0.29, 0.717) is 6.61 Å². The van der Waals surface area contributed by atoms with E-state index in [2.05, 4.69) is 0 Å². The molecular weight excluding hydrogens is 220 g/mol. The van der Waals surface area contributed by atoms with Crippen LogP contribution in [-0.4, -0.2) is 30.9 Å². The van der Waals surface area contributed by atoms with Crippen molar-refractivity contribution in [2.45, 2.75) is 0 Å². The van der Waals surface area contributed by atoms with Gasteiger partial charge in [-0.15, -0.1) is 0 Å². The van der Waals surface area contributed by atoms with E-state index in [9.17, 15) is 4.79 Å². The van der Waals surface area contributed by atoms with Gasteiger partial charge in [-0.05, 0) is 18.2 Å². The summed E-state index contributed by atoms with van der Waals surface area (Å²) in [5, 5.41) is 8.88. The van der Waals surface area contributed by atoms with Crippen LogP contribution in [0.15, 0.2) is 23.9 Å². The van der Waals surface area contributed by atoms with Gasteiger partial charge >= 0.3 is 5.97 Å². The van der Waals surface area contributed by atoms with E-state index >= 15 is 0 Å². The Labute approximate surface area is 99.9 Å². The van der Waals surface area contributed by atoms with Crippen molar-refractivity contribution in [3.63, 3.8) is 0 Å². The van der Waals surface area contributed by atoms with Crippen LogP contribution < -0.4 is 0 Å². The number of ether oxygens (including phenoxy) is 2. The van der Waals surface area contributed by atoms with Crippen molar-refractivity contribution < 1.29 is 14.3 Å². The lowest BCUT2D eigenvalue weighted by molar-refractivity contribution is -0.139. The van der Waals surface area contributed by atoms with E-state index in [1.54, 1.807) is 10.6 Å². The Hall–Kier alpha value is -2.06.